The fraction of sp³-hybridized carbons (Fsp3) is 0.381. The summed E-state index contributed by atoms with van der Waals surface area (Å²) in [5, 5.41) is 3.16. The molecule has 0 aromatic heterocycles. The SMILES string of the molecule is CC[C@H](NC(=O)c1cc(C(C)C)c(OC)cc1C)c1ccccc1. The van der Waals surface area contributed by atoms with Crippen LogP contribution in [0.4, 0.5) is 0 Å². The average Bonchev–Trinajstić information content (AvgIpc) is 2.59. The van der Waals surface area contributed by atoms with Crippen LogP contribution < -0.4 is 10.1 Å². The predicted octanol–water partition coefficient (Wildman–Crippen LogP) is 5.01. The second-order valence-electron chi connectivity index (χ2n) is 6.41. The molecule has 0 heterocycles. The number of aryl methyl sites for hydroxylation is 1. The van der Waals surface area contributed by atoms with Crippen LogP contribution >= 0.6 is 0 Å². The summed E-state index contributed by atoms with van der Waals surface area (Å²) in [5.74, 6) is 1.10. The number of nitrogens with one attached hydrogen (secondary N) is 1. The second kappa shape index (κ2) is 8.00. The first-order chi connectivity index (χ1) is 11.5. The Bertz CT molecular complexity index is 692. The number of ether oxygens (including phenoxy) is 1. The van der Waals surface area contributed by atoms with E-state index in [-0.39, 0.29) is 11.9 Å². The molecule has 0 saturated heterocycles. The number of amides is 1. The Balaban J connectivity index is 2.30. The van der Waals surface area contributed by atoms with Crippen LogP contribution in [0.25, 0.3) is 0 Å². The number of methoxy groups -OCH3 is 1. The van der Waals surface area contributed by atoms with Crippen LogP contribution in [0.15, 0.2) is 42.5 Å². The lowest BCUT2D eigenvalue weighted by Gasteiger charge is -2.20. The fourth-order valence-electron chi connectivity index (χ4n) is 2.91. The molecule has 0 aliphatic carbocycles. The second-order valence-corrected chi connectivity index (χ2v) is 6.41. The quantitative estimate of drug-likeness (QED) is 0.811. The average molecular weight is 325 g/mol. The zero-order valence-electron chi connectivity index (χ0n) is 15.2. The Morgan fingerprint density at radius 3 is 2.38 bits per heavy atom. The van der Waals surface area contributed by atoms with Gasteiger partial charge in [-0.1, -0.05) is 51.1 Å². The van der Waals surface area contributed by atoms with Gasteiger partial charge in [-0.05, 0) is 48.1 Å². The van der Waals surface area contributed by atoms with Gasteiger partial charge in [-0.15, -0.1) is 0 Å². The fourth-order valence-corrected chi connectivity index (χ4v) is 2.91. The molecular weight excluding hydrogens is 298 g/mol. The molecule has 0 aliphatic rings. The molecule has 0 unspecified atom stereocenters. The molecule has 0 fully saturated rings. The third-order valence-electron chi connectivity index (χ3n) is 4.36. The van der Waals surface area contributed by atoms with Gasteiger partial charge in [-0.3, -0.25) is 4.79 Å². The molecule has 0 saturated carbocycles. The van der Waals surface area contributed by atoms with E-state index < -0.39 is 0 Å². The Hall–Kier alpha value is -2.29. The van der Waals surface area contributed by atoms with E-state index >= 15 is 0 Å². The smallest absolute Gasteiger partial charge is 0.252 e. The first kappa shape index (κ1) is 18.1. The summed E-state index contributed by atoms with van der Waals surface area (Å²) in [7, 11) is 1.67. The Labute approximate surface area is 145 Å². The molecule has 1 N–H and O–H groups in total. The van der Waals surface area contributed by atoms with Gasteiger partial charge in [0.05, 0.1) is 13.2 Å². The zero-order chi connectivity index (χ0) is 17.7. The van der Waals surface area contributed by atoms with Crippen LogP contribution in [-0.2, 0) is 0 Å². The molecule has 2 aromatic rings. The van der Waals surface area contributed by atoms with Crippen molar-refractivity contribution in [3.8, 4) is 5.75 Å². The van der Waals surface area contributed by atoms with Crippen molar-refractivity contribution in [1.82, 2.24) is 5.32 Å². The Morgan fingerprint density at radius 1 is 1.17 bits per heavy atom. The van der Waals surface area contributed by atoms with E-state index in [0.29, 0.717) is 11.5 Å². The summed E-state index contributed by atoms with van der Waals surface area (Å²) in [6, 6.07) is 14.0. The molecule has 0 spiro atoms. The van der Waals surface area contributed by atoms with E-state index in [1.54, 1.807) is 7.11 Å². The number of hydrogen-bond acceptors (Lipinski definition) is 2. The minimum absolute atomic E-state index is 0.0164. The summed E-state index contributed by atoms with van der Waals surface area (Å²) in [6.45, 7) is 8.24. The van der Waals surface area contributed by atoms with Gasteiger partial charge in [-0.25, -0.2) is 0 Å². The molecular formula is C21H27NO2. The summed E-state index contributed by atoms with van der Waals surface area (Å²) >= 11 is 0. The minimum atomic E-state index is -0.0345. The predicted molar refractivity (Wildman–Crippen MR) is 98.8 cm³/mol. The molecule has 3 nitrogen and oxygen atoms in total. The zero-order valence-corrected chi connectivity index (χ0v) is 15.2. The van der Waals surface area contributed by atoms with E-state index in [4.69, 9.17) is 4.74 Å². The largest absolute Gasteiger partial charge is 0.496 e. The van der Waals surface area contributed by atoms with Crippen LogP contribution in [0, 0.1) is 6.92 Å². The molecule has 3 heteroatoms. The molecule has 2 rings (SSSR count). The van der Waals surface area contributed by atoms with Crippen LogP contribution in [0.3, 0.4) is 0 Å². The number of hydrogen-bond donors (Lipinski definition) is 1. The Kier molecular flexibility index (Phi) is 6.02. The minimum Gasteiger partial charge on any atom is -0.496 e. The molecule has 24 heavy (non-hydrogen) atoms. The van der Waals surface area contributed by atoms with Gasteiger partial charge in [0.1, 0.15) is 5.75 Å². The van der Waals surface area contributed by atoms with Crippen molar-refractivity contribution in [1.29, 1.82) is 0 Å². The van der Waals surface area contributed by atoms with E-state index in [0.717, 1.165) is 28.9 Å². The van der Waals surface area contributed by atoms with Gasteiger partial charge in [0.25, 0.3) is 5.91 Å². The van der Waals surface area contributed by atoms with E-state index in [2.05, 4.69) is 38.2 Å². The third-order valence-corrected chi connectivity index (χ3v) is 4.36. The topological polar surface area (TPSA) is 38.3 Å². The van der Waals surface area contributed by atoms with Gasteiger partial charge in [0.15, 0.2) is 0 Å². The number of carbonyl (C=O) groups is 1. The number of rotatable bonds is 6. The van der Waals surface area contributed by atoms with Gasteiger partial charge in [0, 0.05) is 5.56 Å². The number of carbonyl (C=O) groups excluding carboxylic acids is 1. The van der Waals surface area contributed by atoms with Gasteiger partial charge in [0.2, 0.25) is 0 Å². The van der Waals surface area contributed by atoms with Crippen molar-refractivity contribution in [3.05, 3.63) is 64.7 Å². The molecule has 1 atom stereocenters. The van der Waals surface area contributed by atoms with Crippen LogP contribution in [0.1, 0.15) is 66.2 Å². The molecule has 1 amide bonds. The monoisotopic (exact) mass is 325 g/mol. The van der Waals surface area contributed by atoms with Crippen molar-refractivity contribution in [2.24, 2.45) is 0 Å². The lowest BCUT2D eigenvalue weighted by Crippen LogP contribution is -2.28. The molecule has 0 aliphatic heterocycles. The maximum atomic E-state index is 12.8. The van der Waals surface area contributed by atoms with Crippen molar-refractivity contribution in [3.63, 3.8) is 0 Å². The first-order valence-corrected chi connectivity index (χ1v) is 8.52. The highest BCUT2D eigenvalue weighted by Gasteiger charge is 2.18. The standard InChI is InChI=1S/C21H27NO2/c1-6-19(16-10-8-7-9-11-16)22-21(23)18-13-17(14(2)3)20(24-5)12-15(18)4/h7-14,19H,6H2,1-5H3,(H,22,23)/t19-/m0/s1. The normalized spacial score (nSPS) is 12.1. The molecule has 2 aromatic carbocycles. The maximum absolute atomic E-state index is 12.8. The van der Waals surface area contributed by atoms with Crippen LogP contribution in [0.2, 0.25) is 0 Å². The van der Waals surface area contributed by atoms with Crippen LogP contribution in [0.5, 0.6) is 5.75 Å². The first-order valence-electron chi connectivity index (χ1n) is 8.52. The van der Waals surface area contributed by atoms with Crippen molar-refractivity contribution < 1.29 is 9.53 Å². The lowest BCUT2D eigenvalue weighted by molar-refractivity contribution is 0.0935. The van der Waals surface area contributed by atoms with Gasteiger partial charge >= 0.3 is 0 Å². The Morgan fingerprint density at radius 2 is 1.83 bits per heavy atom. The molecule has 0 bridgehead atoms. The van der Waals surface area contributed by atoms with Crippen molar-refractivity contribution in [2.75, 3.05) is 7.11 Å². The van der Waals surface area contributed by atoms with Gasteiger partial charge in [-0.2, -0.15) is 0 Å². The van der Waals surface area contributed by atoms with E-state index in [1.165, 1.54) is 0 Å². The van der Waals surface area contributed by atoms with Crippen LogP contribution in [-0.4, -0.2) is 13.0 Å². The maximum Gasteiger partial charge on any atom is 0.252 e. The lowest BCUT2D eigenvalue weighted by atomic mass is 9.95. The van der Waals surface area contributed by atoms with E-state index in [9.17, 15) is 4.79 Å². The highest BCUT2D eigenvalue weighted by atomic mass is 16.5. The molecule has 0 radical (unpaired) electrons. The highest BCUT2D eigenvalue weighted by molar-refractivity contribution is 5.96. The summed E-state index contributed by atoms with van der Waals surface area (Å²) in [4.78, 5) is 12.8. The number of benzene rings is 2. The molecule has 128 valence electrons. The summed E-state index contributed by atoms with van der Waals surface area (Å²) in [6.07, 6.45) is 0.849. The summed E-state index contributed by atoms with van der Waals surface area (Å²) < 4.78 is 5.46. The van der Waals surface area contributed by atoms with Gasteiger partial charge < -0.3 is 10.1 Å². The van der Waals surface area contributed by atoms with E-state index in [1.807, 2.05) is 37.3 Å². The summed E-state index contributed by atoms with van der Waals surface area (Å²) in [5.41, 5.74) is 3.83. The van der Waals surface area contributed by atoms with Crippen molar-refractivity contribution >= 4 is 5.91 Å². The highest BCUT2D eigenvalue weighted by Crippen LogP contribution is 2.30. The van der Waals surface area contributed by atoms with Crippen molar-refractivity contribution in [2.45, 2.75) is 46.1 Å². The third kappa shape index (κ3) is 3.97.